The molecule has 0 spiro atoms. The van der Waals surface area contributed by atoms with Crippen LogP contribution in [0.4, 0.5) is 0 Å². The van der Waals surface area contributed by atoms with Crippen LogP contribution in [0.25, 0.3) is 11.0 Å². The predicted octanol–water partition coefficient (Wildman–Crippen LogP) is 4.11. The number of carbonyl (C=O) groups excluding carboxylic acids is 1. The lowest BCUT2D eigenvalue weighted by Gasteiger charge is -2.19. The molecule has 1 aliphatic heterocycles. The fourth-order valence-electron chi connectivity index (χ4n) is 4.06. The summed E-state index contributed by atoms with van der Waals surface area (Å²) in [4.78, 5) is 25.7. The second kappa shape index (κ2) is 9.31. The molecule has 0 fully saturated rings. The maximum atomic E-state index is 13.2. The summed E-state index contributed by atoms with van der Waals surface area (Å²) in [6, 6.07) is 21.8. The molecule has 0 saturated heterocycles. The van der Waals surface area contributed by atoms with Gasteiger partial charge in [0.15, 0.2) is 11.5 Å². The third-order valence-electron chi connectivity index (χ3n) is 5.78. The van der Waals surface area contributed by atoms with Crippen LogP contribution in [-0.2, 0) is 12.8 Å². The molecule has 0 bridgehead atoms. The summed E-state index contributed by atoms with van der Waals surface area (Å²) in [5.74, 6) is 1.67. The van der Waals surface area contributed by atoms with E-state index in [1.807, 2.05) is 48.5 Å². The average molecular weight is 457 g/mol. The Morgan fingerprint density at radius 3 is 2.50 bits per heavy atom. The minimum absolute atomic E-state index is 0.0240. The van der Waals surface area contributed by atoms with Crippen molar-refractivity contribution >= 4 is 16.9 Å². The molecular formula is C27H23NO6. The van der Waals surface area contributed by atoms with Crippen LogP contribution >= 0.6 is 0 Å². The third-order valence-corrected chi connectivity index (χ3v) is 5.78. The number of fused-ring (bicyclic) bond motifs is 2. The van der Waals surface area contributed by atoms with E-state index in [1.54, 1.807) is 31.4 Å². The second-order valence-electron chi connectivity index (χ2n) is 8.10. The van der Waals surface area contributed by atoms with Gasteiger partial charge in [0.2, 0.25) is 6.79 Å². The summed E-state index contributed by atoms with van der Waals surface area (Å²) >= 11 is 0. The molecule has 5 rings (SSSR count). The molecule has 7 heteroatoms. The van der Waals surface area contributed by atoms with Gasteiger partial charge < -0.3 is 23.9 Å². The van der Waals surface area contributed by atoms with Crippen molar-refractivity contribution in [3.63, 3.8) is 0 Å². The molecule has 3 aromatic carbocycles. The molecule has 4 aromatic rings. The molecule has 1 N–H and O–H groups in total. The van der Waals surface area contributed by atoms with Crippen molar-refractivity contribution in [3.05, 3.63) is 99.9 Å². The summed E-state index contributed by atoms with van der Waals surface area (Å²) < 4.78 is 21.5. The van der Waals surface area contributed by atoms with Gasteiger partial charge in [0.25, 0.3) is 5.91 Å². The zero-order valence-electron chi connectivity index (χ0n) is 18.6. The Balaban J connectivity index is 1.41. The first-order chi connectivity index (χ1) is 16.6. The summed E-state index contributed by atoms with van der Waals surface area (Å²) in [5.41, 5.74) is 1.76. The zero-order valence-corrected chi connectivity index (χ0v) is 18.6. The highest BCUT2D eigenvalue weighted by atomic mass is 16.7. The molecule has 0 unspecified atom stereocenters. The van der Waals surface area contributed by atoms with Gasteiger partial charge in [-0.15, -0.1) is 0 Å². The van der Waals surface area contributed by atoms with Crippen molar-refractivity contribution in [2.75, 3.05) is 13.9 Å². The van der Waals surface area contributed by atoms with Gasteiger partial charge in [0.05, 0.1) is 7.11 Å². The molecule has 1 atom stereocenters. The molecule has 0 saturated carbocycles. The lowest BCUT2D eigenvalue weighted by Crippen LogP contribution is -2.39. The van der Waals surface area contributed by atoms with Crippen LogP contribution in [0.1, 0.15) is 21.5 Å². The van der Waals surface area contributed by atoms with Gasteiger partial charge in [-0.25, -0.2) is 4.79 Å². The fraction of sp³-hybridized carbons (Fsp3) is 0.185. The Morgan fingerprint density at radius 1 is 0.941 bits per heavy atom. The fourth-order valence-corrected chi connectivity index (χ4v) is 4.06. The van der Waals surface area contributed by atoms with Crippen molar-refractivity contribution in [1.82, 2.24) is 5.32 Å². The highest BCUT2D eigenvalue weighted by molar-refractivity contribution is 5.96. The van der Waals surface area contributed by atoms with Gasteiger partial charge in [-0.2, -0.15) is 0 Å². The molecule has 1 aromatic heterocycles. The smallest absolute Gasteiger partial charge is 0.349 e. The van der Waals surface area contributed by atoms with Gasteiger partial charge in [-0.3, -0.25) is 4.79 Å². The number of ether oxygens (including phenoxy) is 3. The first-order valence-electron chi connectivity index (χ1n) is 10.9. The highest BCUT2D eigenvalue weighted by Crippen LogP contribution is 2.33. The van der Waals surface area contributed by atoms with Crippen molar-refractivity contribution in [2.24, 2.45) is 0 Å². The highest BCUT2D eigenvalue weighted by Gasteiger charge is 2.21. The quantitative estimate of drug-likeness (QED) is 0.420. The molecule has 7 nitrogen and oxygen atoms in total. The Labute approximate surface area is 195 Å². The normalized spacial score (nSPS) is 13.0. The number of hydrogen-bond donors (Lipinski definition) is 1. The van der Waals surface area contributed by atoms with Crippen LogP contribution in [0.5, 0.6) is 17.2 Å². The molecular weight excluding hydrogens is 434 g/mol. The maximum absolute atomic E-state index is 13.2. The van der Waals surface area contributed by atoms with Gasteiger partial charge in [-0.05, 0) is 60.4 Å². The minimum Gasteiger partial charge on any atom is -0.497 e. The molecule has 1 aliphatic rings. The molecule has 0 aliphatic carbocycles. The lowest BCUT2D eigenvalue weighted by molar-refractivity contribution is 0.0933. The lowest BCUT2D eigenvalue weighted by atomic mass is 9.98. The van der Waals surface area contributed by atoms with E-state index in [2.05, 4.69) is 5.32 Å². The van der Waals surface area contributed by atoms with E-state index in [0.29, 0.717) is 35.3 Å². The van der Waals surface area contributed by atoms with E-state index in [1.165, 1.54) is 0 Å². The van der Waals surface area contributed by atoms with Crippen LogP contribution in [0.3, 0.4) is 0 Å². The number of hydrogen-bond acceptors (Lipinski definition) is 6. The monoisotopic (exact) mass is 457 g/mol. The van der Waals surface area contributed by atoms with E-state index < -0.39 is 11.5 Å². The number of methoxy groups -OCH3 is 1. The summed E-state index contributed by atoms with van der Waals surface area (Å²) in [6.45, 7) is 0.197. The summed E-state index contributed by atoms with van der Waals surface area (Å²) in [6.07, 6.45) is 1.09. The number of nitrogens with one attached hydrogen (secondary N) is 1. The topological polar surface area (TPSA) is 87.0 Å². The van der Waals surface area contributed by atoms with Crippen LogP contribution < -0.4 is 25.2 Å². The van der Waals surface area contributed by atoms with Gasteiger partial charge in [0, 0.05) is 11.4 Å². The van der Waals surface area contributed by atoms with E-state index in [-0.39, 0.29) is 18.4 Å². The van der Waals surface area contributed by atoms with E-state index in [4.69, 9.17) is 18.6 Å². The molecule has 34 heavy (non-hydrogen) atoms. The molecule has 172 valence electrons. The number of carbonyl (C=O) groups is 1. The first kappa shape index (κ1) is 21.6. The minimum atomic E-state index is -0.664. The van der Waals surface area contributed by atoms with Gasteiger partial charge in [0.1, 0.15) is 16.9 Å². The van der Waals surface area contributed by atoms with Crippen LogP contribution in [-0.4, -0.2) is 25.9 Å². The standard InChI is InChI=1S/C27H23NO6/c1-31-21-9-6-17(7-10-21)12-20(13-18-8-11-24-25(14-18)33-16-32-24)28-26(29)22-15-19-4-2-3-5-23(19)34-27(22)30/h2-11,14-15,20H,12-13,16H2,1H3,(H,28,29)/t20-/m1/s1. The molecule has 2 heterocycles. The SMILES string of the molecule is COc1ccc(C[C@H](Cc2ccc3c(c2)OCO3)NC(=O)c2cc3ccccc3oc2=O)cc1. The molecule has 1 amide bonds. The molecule has 0 radical (unpaired) electrons. The first-order valence-corrected chi connectivity index (χ1v) is 10.9. The van der Waals surface area contributed by atoms with E-state index in [0.717, 1.165) is 16.9 Å². The number of benzene rings is 3. The Bertz CT molecular complexity index is 1390. The predicted molar refractivity (Wildman–Crippen MR) is 127 cm³/mol. The average Bonchev–Trinajstić information content (AvgIpc) is 3.32. The maximum Gasteiger partial charge on any atom is 0.349 e. The summed E-state index contributed by atoms with van der Waals surface area (Å²) in [5, 5.41) is 3.72. The van der Waals surface area contributed by atoms with Crippen LogP contribution in [0.15, 0.2) is 82.0 Å². The number of rotatable bonds is 7. The van der Waals surface area contributed by atoms with Crippen LogP contribution in [0.2, 0.25) is 0 Å². The van der Waals surface area contributed by atoms with Crippen molar-refractivity contribution in [1.29, 1.82) is 0 Å². The van der Waals surface area contributed by atoms with Gasteiger partial charge >= 0.3 is 5.63 Å². The summed E-state index contributed by atoms with van der Waals surface area (Å²) in [7, 11) is 1.62. The third kappa shape index (κ3) is 4.59. The van der Waals surface area contributed by atoms with E-state index >= 15 is 0 Å². The van der Waals surface area contributed by atoms with Crippen molar-refractivity contribution < 1.29 is 23.4 Å². The van der Waals surface area contributed by atoms with Crippen molar-refractivity contribution in [2.45, 2.75) is 18.9 Å². The Morgan fingerprint density at radius 2 is 1.68 bits per heavy atom. The Hall–Kier alpha value is -4.26. The Kier molecular flexibility index (Phi) is 5.91. The van der Waals surface area contributed by atoms with Crippen LogP contribution in [0, 0.1) is 0 Å². The van der Waals surface area contributed by atoms with Crippen molar-refractivity contribution in [3.8, 4) is 17.2 Å². The second-order valence-corrected chi connectivity index (χ2v) is 8.10. The van der Waals surface area contributed by atoms with E-state index in [9.17, 15) is 9.59 Å². The largest absolute Gasteiger partial charge is 0.497 e. The zero-order chi connectivity index (χ0) is 23.5. The number of para-hydroxylation sites is 1. The van der Waals surface area contributed by atoms with Gasteiger partial charge in [-0.1, -0.05) is 36.4 Å². The number of amides is 1.